The van der Waals surface area contributed by atoms with Crippen LogP contribution in [0.4, 0.5) is 0 Å². The molecule has 0 fully saturated rings. The number of ether oxygens (including phenoxy) is 4. The first-order valence-corrected chi connectivity index (χ1v) is 43.0. The number of carbonyl (C=O) groups excluding carboxylic acids is 3. The van der Waals surface area contributed by atoms with Crippen molar-refractivity contribution in [1.29, 1.82) is 0 Å². The topological polar surface area (TPSA) is 111 Å². The summed E-state index contributed by atoms with van der Waals surface area (Å²) >= 11 is 0. The molecule has 9 nitrogen and oxygen atoms in total. The number of hydrogen-bond acceptors (Lipinski definition) is 8. The Morgan fingerprint density at radius 3 is 0.777 bits per heavy atom. The van der Waals surface area contributed by atoms with Crippen molar-refractivity contribution in [2.45, 2.75) is 386 Å². The highest BCUT2D eigenvalue weighted by Gasteiger charge is 2.22. The molecule has 0 aliphatic carbocycles. The van der Waals surface area contributed by atoms with Crippen LogP contribution in [0.15, 0.2) is 146 Å². The molecule has 0 aliphatic rings. The quantitative estimate of drug-likeness (QED) is 0.0195. The summed E-state index contributed by atoms with van der Waals surface area (Å²) < 4.78 is 22.9. The van der Waals surface area contributed by atoms with Gasteiger partial charge in [0.05, 0.1) is 40.3 Å². The van der Waals surface area contributed by atoms with Crippen molar-refractivity contribution in [3.8, 4) is 0 Å². The molecule has 0 aromatic heterocycles. The normalized spacial score (nSPS) is 13.4. The molecule has 9 heteroatoms. The number of aliphatic carboxylic acids is 1. The summed E-state index contributed by atoms with van der Waals surface area (Å²) in [6, 6.07) is 0. The number of unbranched alkanes of at least 4 members (excludes halogenated alkanes) is 40. The summed E-state index contributed by atoms with van der Waals surface area (Å²) in [4.78, 5) is 37.7. The molecule has 0 aliphatic heterocycles. The number of carbonyl (C=O) groups is 3. The van der Waals surface area contributed by atoms with Crippen LogP contribution in [0.3, 0.4) is 0 Å². The first kappa shape index (κ1) is 98.2. The van der Waals surface area contributed by atoms with Gasteiger partial charge in [-0.3, -0.25) is 9.59 Å². The second kappa shape index (κ2) is 82.8. The van der Waals surface area contributed by atoms with E-state index in [0.717, 1.165) is 116 Å². The van der Waals surface area contributed by atoms with E-state index in [1.165, 1.54) is 225 Å². The number of nitrogens with zero attached hydrogens (tertiary/aromatic N) is 1. The molecule has 590 valence electrons. The highest BCUT2D eigenvalue weighted by atomic mass is 16.7. The van der Waals surface area contributed by atoms with E-state index in [4.69, 9.17) is 18.9 Å². The van der Waals surface area contributed by atoms with Gasteiger partial charge in [-0.2, -0.15) is 0 Å². The summed E-state index contributed by atoms with van der Waals surface area (Å²) in [5, 5.41) is 11.9. The fraction of sp³-hybridized carbons (Fsp3) is 0.713. The van der Waals surface area contributed by atoms with Crippen molar-refractivity contribution < 1.29 is 42.9 Å². The van der Waals surface area contributed by atoms with Crippen LogP contribution < -0.4 is 5.11 Å². The van der Waals surface area contributed by atoms with Crippen molar-refractivity contribution in [2.24, 2.45) is 0 Å². The van der Waals surface area contributed by atoms with E-state index in [9.17, 15) is 19.5 Å². The molecule has 0 aromatic carbocycles. The Kier molecular flexibility index (Phi) is 78.9. The zero-order valence-electron chi connectivity index (χ0n) is 67.7. The van der Waals surface area contributed by atoms with Crippen LogP contribution in [0.25, 0.3) is 0 Å². The summed E-state index contributed by atoms with van der Waals surface area (Å²) in [5.41, 5.74) is 0. The van der Waals surface area contributed by atoms with Crippen molar-refractivity contribution in [2.75, 3.05) is 47.5 Å². The van der Waals surface area contributed by atoms with Crippen molar-refractivity contribution in [1.82, 2.24) is 0 Å². The number of esters is 2. The zero-order chi connectivity index (χ0) is 74.6. The summed E-state index contributed by atoms with van der Waals surface area (Å²) in [6.45, 7) is 4.55. The molecule has 0 saturated heterocycles. The minimum Gasteiger partial charge on any atom is -0.545 e. The Bertz CT molecular complexity index is 2220. The Morgan fingerprint density at radius 1 is 0.291 bits per heavy atom. The monoisotopic (exact) mass is 1430 g/mol. The largest absolute Gasteiger partial charge is 0.545 e. The molecule has 0 N–H and O–H groups in total. The number of hydrogen-bond donors (Lipinski definition) is 0. The van der Waals surface area contributed by atoms with Gasteiger partial charge >= 0.3 is 11.9 Å². The maximum absolute atomic E-state index is 13.0. The molecule has 0 aromatic rings. The SMILES string of the molecule is CC/C=C\C/C=C\C/C=C\C/C=C\C/C=C\C/C=C\C/C=C\C/C=C\CCCCCCCCCCCCCCC(=O)OC(COC(=O)CCCCCCCCCCCCCCCCCCCCCCCCCCCCCC/C=C\C/C=C\C/C=C\C/C=C\CC)COC(OCC[N+](C)(C)C)C(=O)[O-]. The van der Waals surface area contributed by atoms with E-state index in [2.05, 4.69) is 160 Å². The minimum absolute atomic E-state index is 0.144. The number of rotatable bonds is 79. The third-order valence-electron chi connectivity index (χ3n) is 18.6. The lowest BCUT2D eigenvalue weighted by Crippen LogP contribution is -2.44. The number of carboxylic acid groups (broad SMARTS) is 1. The van der Waals surface area contributed by atoms with Gasteiger partial charge in [0.1, 0.15) is 13.2 Å². The predicted molar refractivity (Wildman–Crippen MR) is 444 cm³/mol. The molecule has 0 saturated carbocycles. The van der Waals surface area contributed by atoms with E-state index in [1.54, 1.807) is 0 Å². The minimum atomic E-state index is -1.63. The van der Waals surface area contributed by atoms with Gasteiger partial charge in [0.2, 0.25) is 0 Å². The third kappa shape index (κ3) is 84.3. The number of quaternary nitrogens is 1. The summed E-state index contributed by atoms with van der Waals surface area (Å²) in [7, 11) is 5.94. The molecule has 2 unspecified atom stereocenters. The lowest BCUT2D eigenvalue weighted by molar-refractivity contribution is -0.870. The standard InChI is InChI=1S/C94H161NO8/c1-6-8-10-12-14-16-18-20-22-24-26-28-30-32-34-36-38-40-42-44-45-46-47-49-50-52-54-56-58-60-62-64-66-68-70-72-74-76-78-80-82-84-91(96)101-88-90(89-102-94(93(98)99)100-87-86-95(3,4)5)103-92(97)85-83-81-79-77-75-73-71-69-67-65-63-61-59-57-55-53-51-48-43-41-39-37-35-33-31-29-27-25-23-21-19-17-15-13-11-9-7-2/h8-11,14-17,20-23,26-29,33,35,39,41,48,51,55,57,90,94H,6-7,12-13,18-19,24-25,30-32,34,36-38,40,42-47,49-50,52-54,56,58-89H2,1-5H3/b10-8-,11-9-,16-14-,17-15-,22-20-,23-21-,28-26-,29-27-,35-33-,41-39-,51-48-,57-55-. The molecular weight excluding hydrogens is 1270 g/mol. The smallest absolute Gasteiger partial charge is 0.306 e. The molecule has 0 rings (SSSR count). The molecule has 0 radical (unpaired) electrons. The van der Waals surface area contributed by atoms with Gasteiger partial charge in [-0.25, -0.2) is 0 Å². The zero-order valence-corrected chi connectivity index (χ0v) is 67.7. The maximum Gasteiger partial charge on any atom is 0.306 e. The van der Waals surface area contributed by atoms with E-state index in [0.29, 0.717) is 23.9 Å². The van der Waals surface area contributed by atoms with Crippen LogP contribution in [-0.2, 0) is 33.3 Å². The van der Waals surface area contributed by atoms with Crippen LogP contribution in [0, 0.1) is 0 Å². The second-order valence-corrected chi connectivity index (χ2v) is 29.7. The molecular formula is C94H161NO8. The van der Waals surface area contributed by atoms with Gasteiger partial charge in [-0.15, -0.1) is 0 Å². The second-order valence-electron chi connectivity index (χ2n) is 29.7. The van der Waals surface area contributed by atoms with Crippen LogP contribution in [0.5, 0.6) is 0 Å². The van der Waals surface area contributed by atoms with Gasteiger partial charge in [0.15, 0.2) is 12.4 Å². The van der Waals surface area contributed by atoms with Gasteiger partial charge < -0.3 is 33.3 Å². The Balaban J connectivity index is 3.98. The third-order valence-corrected chi connectivity index (χ3v) is 18.6. The van der Waals surface area contributed by atoms with Gasteiger partial charge in [-0.1, -0.05) is 391 Å². The van der Waals surface area contributed by atoms with Crippen molar-refractivity contribution in [3.05, 3.63) is 146 Å². The molecule has 0 bridgehead atoms. The maximum atomic E-state index is 13.0. The number of carboxylic acids is 1. The fourth-order valence-electron chi connectivity index (χ4n) is 12.1. The van der Waals surface area contributed by atoms with Crippen LogP contribution in [0.2, 0.25) is 0 Å². The average molecular weight is 1430 g/mol. The van der Waals surface area contributed by atoms with Gasteiger partial charge in [-0.05, 0) is 116 Å². The van der Waals surface area contributed by atoms with E-state index in [1.807, 2.05) is 21.1 Å². The van der Waals surface area contributed by atoms with Crippen molar-refractivity contribution in [3.63, 3.8) is 0 Å². The highest BCUT2D eigenvalue weighted by Crippen LogP contribution is 2.19. The Labute approximate surface area is 636 Å². The summed E-state index contributed by atoms with van der Waals surface area (Å²) in [5.74, 6) is -2.27. The molecule has 0 heterocycles. The Hall–Kier alpha value is -4.83. The highest BCUT2D eigenvalue weighted by molar-refractivity contribution is 5.70. The van der Waals surface area contributed by atoms with E-state index >= 15 is 0 Å². The lowest BCUT2D eigenvalue weighted by Gasteiger charge is -2.26. The van der Waals surface area contributed by atoms with E-state index in [-0.39, 0.29) is 32.2 Å². The van der Waals surface area contributed by atoms with E-state index < -0.39 is 24.3 Å². The predicted octanol–water partition coefficient (Wildman–Crippen LogP) is 26.8. The van der Waals surface area contributed by atoms with Crippen LogP contribution >= 0.6 is 0 Å². The van der Waals surface area contributed by atoms with Gasteiger partial charge in [0, 0.05) is 12.8 Å². The van der Waals surface area contributed by atoms with Crippen molar-refractivity contribution >= 4 is 17.9 Å². The first-order chi connectivity index (χ1) is 50.6. The Morgan fingerprint density at radius 2 is 0.524 bits per heavy atom. The molecule has 0 amide bonds. The molecule has 103 heavy (non-hydrogen) atoms. The summed E-state index contributed by atoms with van der Waals surface area (Å²) in [6.07, 6.45) is 118. The molecule has 0 spiro atoms. The van der Waals surface area contributed by atoms with Crippen LogP contribution in [-0.4, -0.2) is 82.3 Å². The van der Waals surface area contributed by atoms with Crippen LogP contribution in [0.1, 0.15) is 373 Å². The molecule has 2 atom stereocenters. The first-order valence-electron chi connectivity index (χ1n) is 43.0. The average Bonchev–Trinajstić information content (AvgIpc) is 1.16. The number of allylic oxidation sites excluding steroid dienone is 24. The number of likely N-dealkylation sites (N-methyl/N-ethyl adjacent to an activating group) is 1. The lowest BCUT2D eigenvalue weighted by atomic mass is 10.0. The fourth-order valence-corrected chi connectivity index (χ4v) is 12.1. The van der Waals surface area contributed by atoms with Gasteiger partial charge in [0.25, 0.3) is 0 Å².